The molecule has 9 heavy (non-hydrogen) atoms. The molecule has 0 fully saturated rings. The molecule has 0 aliphatic heterocycles. The molecule has 0 amide bonds. The SMILES string of the molecule is CCOC(=O)C(C)C=N. The average molecular weight is 129 g/mol. The van der Waals surface area contributed by atoms with Crippen LogP contribution in [-0.2, 0) is 9.53 Å². The standard InChI is InChI=1S/C6H11NO2/c1-3-9-6(8)5(2)4-7/h4-5,7H,3H2,1-2H3. The average Bonchev–Trinajstić information content (AvgIpc) is 1.87. The van der Waals surface area contributed by atoms with Gasteiger partial charge in [-0.15, -0.1) is 0 Å². The molecule has 0 aromatic rings. The zero-order chi connectivity index (χ0) is 7.28. The van der Waals surface area contributed by atoms with Gasteiger partial charge in [0, 0.05) is 6.21 Å². The third kappa shape index (κ3) is 2.85. The van der Waals surface area contributed by atoms with E-state index in [1.807, 2.05) is 0 Å². The fraction of sp³-hybridized carbons (Fsp3) is 0.667. The van der Waals surface area contributed by atoms with E-state index in [0.29, 0.717) is 6.61 Å². The minimum Gasteiger partial charge on any atom is -0.466 e. The summed E-state index contributed by atoms with van der Waals surface area (Å²) in [6.07, 6.45) is 1.07. The van der Waals surface area contributed by atoms with Gasteiger partial charge in [0.15, 0.2) is 0 Å². The van der Waals surface area contributed by atoms with Gasteiger partial charge in [-0.05, 0) is 13.8 Å². The Morgan fingerprint density at radius 1 is 1.89 bits per heavy atom. The van der Waals surface area contributed by atoms with Gasteiger partial charge in [0.25, 0.3) is 0 Å². The highest BCUT2D eigenvalue weighted by Crippen LogP contribution is 1.92. The maximum Gasteiger partial charge on any atom is 0.314 e. The lowest BCUT2D eigenvalue weighted by molar-refractivity contribution is -0.144. The lowest BCUT2D eigenvalue weighted by Gasteiger charge is -2.02. The molecule has 0 spiro atoms. The summed E-state index contributed by atoms with van der Waals surface area (Å²) in [6.45, 7) is 3.76. The number of carbonyl (C=O) groups is 1. The molecule has 0 rings (SSSR count). The van der Waals surface area contributed by atoms with Gasteiger partial charge >= 0.3 is 5.97 Å². The van der Waals surface area contributed by atoms with Crippen LogP contribution in [0.4, 0.5) is 0 Å². The fourth-order valence-electron chi connectivity index (χ4n) is 0.342. The number of ether oxygens (including phenoxy) is 1. The van der Waals surface area contributed by atoms with Crippen LogP contribution in [0.3, 0.4) is 0 Å². The first-order valence-electron chi connectivity index (χ1n) is 2.89. The molecule has 0 aliphatic carbocycles. The molecule has 1 N–H and O–H groups in total. The van der Waals surface area contributed by atoms with Crippen molar-refractivity contribution >= 4 is 12.2 Å². The zero-order valence-electron chi connectivity index (χ0n) is 5.68. The topological polar surface area (TPSA) is 50.2 Å². The second kappa shape index (κ2) is 4.06. The van der Waals surface area contributed by atoms with Crippen LogP contribution in [-0.4, -0.2) is 18.8 Å². The lowest BCUT2D eigenvalue weighted by atomic mass is 10.2. The predicted octanol–water partition coefficient (Wildman–Crippen LogP) is 0.835. The van der Waals surface area contributed by atoms with Gasteiger partial charge in [-0.3, -0.25) is 4.79 Å². The third-order valence-corrected chi connectivity index (χ3v) is 0.908. The molecule has 52 valence electrons. The van der Waals surface area contributed by atoms with E-state index in [4.69, 9.17) is 5.41 Å². The summed E-state index contributed by atoms with van der Waals surface area (Å²) < 4.78 is 4.60. The highest BCUT2D eigenvalue weighted by atomic mass is 16.5. The minimum atomic E-state index is -0.398. The molecule has 3 nitrogen and oxygen atoms in total. The smallest absolute Gasteiger partial charge is 0.314 e. The Kier molecular flexibility index (Phi) is 3.67. The van der Waals surface area contributed by atoms with Gasteiger partial charge in [0.2, 0.25) is 0 Å². The molecule has 3 heteroatoms. The summed E-state index contributed by atoms with van der Waals surface area (Å²) >= 11 is 0. The van der Waals surface area contributed by atoms with E-state index in [1.54, 1.807) is 13.8 Å². The van der Waals surface area contributed by atoms with Crippen LogP contribution in [0.5, 0.6) is 0 Å². The largest absolute Gasteiger partial charge is 0.466 e. The molecule has 0 aliphatic rings. The summed E-state index contributed by atoms with van der Waals surface area (Å²) in [7, 11) is 0. The van der Waals surface area contributed by atoms with Crippen molar-refractivity contribution in [2.75, 3.05) is 6.61 Å². The third-order valence-electron chi connectivity index (χ3n) is 0.908. The number of hydrogen-bond acceptors (Lipinski definition) is 3. The molecule has 0 aromatic heterocycles. The van der Waals surface area contributed by atoms with E-state index >= 15 is 0 Å². The van der Waals surface area contributed by atoms with Crippen molar-refractivity contribution in [3.63, 3.8) is 0 Å². The van der Waals surface area contributed by atoms with Crippen LogP contribution in [0.25, 0.3) is 0 Å². The second-order valence-electron chi connectivity index (χ2n) is 1.71. The van der Waals surface area contributed by atoms with Gasteiger partial charge in [-0.1, -0.05) is 0 Å². The van der Waals surface area contributed by atoms with Gasteiger partial charge in [0.05, 0.1) is 12.5 Å². The summed E-state index contributed by atoms with van der Waals surface area (Å²) in [5.74, 6) is -0.725. The van der Waals surface area contributed by atoms with E-state index in [9.17, 15) is 4.79 Å². The highest BCUT2D eigenvalue weighted by Gasteiger charge is 2.08. The zero-order valence-corrected chi connectivity index (χ0v) is 5.68. The highest BCUT2D eigenvalue weighted by molar-refractivity contribution is 5.88. The van der Waals surface area contributed by atoms with Crippen molar-refractivity contribution < 1.29 is 9.53 Å². The molecule has 0 heterocycles. The van der Waals surface area contributed by atoms with Crippen LogP contribution >= 0.6 is 0 Å². The van der Waals surface area contributed by atoms with Crippen molar-refractivity contribution in [3.8, 4) is 0 Å². The Morgan fingerprint density at radius 3 is 2.78 bits per heavy atom. The van der Waals surface area contributed by atoms with Crippen molar-refractivity contribution in [2.45, 2.75) is 13.8 Å². The minimum absolute atomic E-state index is 0.326. The molecular formula is C6H11NO2. The lowest BCUT2D eigenvalue weighted by Crippen LogP contribution is -2.14. The van der Waals surface area contributed by atoms with Crippen LogP contribution in [0.15, 0.2) is 0 Å². The number of nitrogens with one attached hydrogen (secondary N) is 1. The molecule has 0 saturated carbocycles. The second-order valence-corrected chi connectivity index (χ2v) is 1.71. The van der Waals surface area contributed by atoms with E-state index in [-0.39, 0.29) is 5.97 Å². The first-order valence-corrected chi connectivity index (χ1v) is 2.89. The Hall–Kier alpha value is -0.860. The predicted molar refractivity (Wildman–Crippen MR) is 34.6 cm³/mol. The molecular weight excluding hydrogens is 118 g/mol. The maximum atomic E-state index is 10.6. The monoisotopic (exact) mass is 129 g/mol. The Morgan fingerprint density at radius 2 is 2.44 bits per heavy atom. The summed E-state index contributed by atoms with van der Waals surface area (Å²) in [5, 5.41) is 6.69. The van der Waals surface area contributed by atoms with Crippen molar-refractivity contribution in [2.24, 2.45) is 5.92 Å². The van der Waals surface area contributed by atoms with Gasteiger partial charge in [0.1, 0.15) is 0 Å². The molecule has 0 radical (unpaired) electrons. The molecule has 0 saturated heterocycles. The first-order chi connectivity index (χ1) is 4.22. The quantitative estimate of drug-likeness (QED) is 0.453. The summed E-state index contributed by atoms with van der Waals surface area (Å²) in [6, 6.07) is 0. The van der Waals surface area contributed by atoms with Crippen molar-refractivity contribution in [3.05, 3.63) is 0 Å². The molecule has 0 bridgehead atoms. The Bertz CT molecular complexity index is 112. The van der Waals surface area contributed by atoms with Crippen LogP contribution in [0.2, 0.25) is 0 Å². The Labute approximate surface area is 54.5 Å². The molecule has 0 aromatic carbocycles. The van der Waals surface area contributed by atoms with E-state index in [2.05, 4.69) is 4.74 Å². The van der Waals surface area contributed by atoms with E-state index in [0.717, 1.165) is 6.21 Å². The van der Waals surface area contributed by atoms with Gasteiger partial charge in [-0.25, -0.2) is 0 Å². The van der Waals surface area contributed by atoms with E-state index < -0.39 is 5.92 Å². The van der Waals surface area contributed by atoms with Crippen LogP contribution in [0.1, 0.15) is 13.8 Å². The number of hydrogen-bond donors (Lipinski definition) is 1. The van der Waals surface area contributed by atoms with Gasteiger partial charge in [-0.2, -0.15) is 0 Å². The molecule has 1 unspecified atom stereocenters. The van der Waals surface area contributed by atoms with Crippen molar-refractivity contribution in [1.29, 1.82) is 5.41 Å². The normalized spacial score (nSPS) is 12.2. The molecule has 1 atom stereocenters. The van der Waals surface area contributed by atoms with Crippen LogP contribution in [0, 0.1) is 11.3 Å². The van der Waals surface area contributed by atoms with Gasteiger partial charge < -0.3 is 10.1 Å². The number of esters is 1. The Balaban J connectivity index is 3.58. The maximum absolute atomic E-state index is 10.6. The fourth-order valence-corrected chi connectivity index (χ4v) is 0.342. The van der Waals surface area contributed by atoms with Crippen LogP contribution < -0.4 is 0 Å². The van der Waals surface area contributed by atoms with Crippen molar-refractivity contribution in [1.82, 2.24) is 0 Å². The number of rotatable bonds is 3. The number of carbonyl (C=O) groups excluding carboxylic acids is 1. The van der Waals surface area contributed by atoms with E-state index in [1.165, 1.54) is 0 Å². The summed E-state index contributed by atoms with van der Waals surface area (Å²) in [4.78, 5) is 10.6. The first kappa shape index (κ1) is 8.14. The summed E-state index contributed by atoms with van der Waals surface area (Å²) in [5.41, 5.74) is 0.